The number of nitrogens with zero attached hydrogens (tertiary/aromatic N) is 1. The van der Waals surface area contributed by atoms with Gasteiger partial charge in [-0.25, -0.2) is 0 Å². The fraction of sp³-hybridized carbons (Fsp3) is 1.00. The van der Waals surface area contributed by atoms with Crippen LogP contribution in [-0.4, -0.2) is 30.6 Å². The highest BCUT2D eigenvalue weighted by molar-refractivity contribution is 4.86. The van der Waals surface area contributed by atoms with Gasteiger partial charge < -0.3 is 10.6 Å². The van der Waals surface area contributed by atoms with Crippen LogP contribution in [-0.2, 0) is 0 Å². The molecule has 0 aliphatic heterocycles. The molecule has 96 valence electrons. The van der Waals surface area contributed by atoms with Gasteiger partial charge in [0.25, 0.3) is 0 Å². The molecule has 3 unspecified atom stereocenters. The fourth-order valence-electron chi connectivity index (χ4n) is 2.93. The molecule has 0 bridgehead atoms. The molecule has 3 atom stereocenters. The van der Waals surface area contributed by atoms with Crippen LogP contribution in [0.25, 0.3) is 0 Å². The van der Waals surface area contributed by atoms with E-state index < -0.39 is 0 Å². The van der Waals surface area contributed by atoms with Crippen molar-refractivity contribution >= 4 is 0 Å². The normalized spacial score (nSPS) is 27.9. The first-order valence-corrected chi connectivity index (χ1v) is 6.98. The van der Waals surface area contributed by atoms with Gasteiger partial charge in [-0.1, -0.05) is 20.3 Å². The van der Waals surface area contributed by atoms with Gasteiger partial charge in [0.15, 0.2) is 0 Å². The largest absolute Gasteiger partial charge is 0.330 e. The lowest BCUT2D eigenvalue weighted by atomic mass is 9.98. The van der Waals surface area contributed by atoms with Gasteiger partial charge in [-0.15, -0.1) is 0 Å². The van der Waals surface area contributed by atoms with Crippen LogP contribution in [0.2, 0.25) is 0 Å². The Kier molecular flexibility index (Phi) is 5.77. The van der Waals surface area contributed by atoms with Crippen LogP contribution in [0.1, 0.15) is 52.9 Å². The van der Waals surface area contributed by atoms with E-state index in [1.165, 1.54) is 32.1 Å². The number of hydrogen-bond acceptors (Lipinski definition) is 2. The lowest BCUT2D eigenvalue weighted by molar-refractivity contribution is 0.141. The molecule has 0 spiro atoms. The molecule has 0 radical (unpaired) electrons. The molecule has 0 aromatic carbocycles. The van der Waals surface area contributed by atoms with Crippen molar-refractivity contribution in [1.29, 1.82) is 0 Å². The topological polar surface area (TPSA) is 29.3 Å². The summed E-state index contributed by atoms with van der Waals surface area (Å²) in [6.07, 6.45) is 6.72. The van der Waals surface area contributed by atoms with Crippen LogP contribution in [0, 0.1) is 11.8 Å². The number of rotatable bonds is 6. The third kappa shape index (κ3) is 3.74. The maximum Gasteiger partial charge on any atom is 0.0135 e. The van der Waals surface area contributed by atoms with E-state index in [0.29, 0.717) is 6.04 Å². The van der Waals surface area contributed by atoms with Gasteiger partial charge in [0.2, 0.25) is 0 Å². The zero-order valence-electron chi connectivity index (χ0n) is 11.6. The minimum Gasteiger partial charge on any atom is -0.330 e. The molecule has 0 heterocycles. The van der Waals surface area contributed by atoms with E-state index in [1.807, 2.05) is 0 Å². The molecule has 1 rings (SSSR count). The Morgan fingerprint density at radius 2 is 1.88 bits per heavy atom. The van der Waals surface area contributed by atoms with Gasteiger partial charge in [0.1, 0.15) is 0 Å². The molecule has 0 aromatic rings. The van der Waals surface area contributed by atoms with Gasteiger partial charge in [-0.2, -0.15) is 0 Å². The minimum absolute atomic E-state index is 0.708. The molecular weight excluding hydrogens is 196 g/mol. The Morgan fingerprint density at radius 1 is 1.19 bits per heavy atom. The predicted octanol–water partition coefficient (Wildman–Crippen LogP) is 2.87. The summed E-state index contributed by atoms with van der Waals surface area (Å²) in [6, 6.07) is 1.45. The Morgan fingerprint density at radius 3 is 2.44 bits per heavy atom. The molecule has 16 heavy (non-hydrogen) atoms. The van der Waals surface area contributed by atoms with Gasteiger partial charge >= 0.3 is 0 Å². The van der Waals surface area contributed by atoms with Crippen LogP contribution < -0.4 is 5.73 Å². The minimum atomic E-state index is 0.708. The Labute approximate surface area is 102 Å². The molecule has 2 N–H and O–H groups in total. The molecule has 0 amide bonds. The maximum absolute atomic E-state index is 5.86. The van der Waals surface area contributed by atoms with E-state index in [4.69, 9.17) is 5.73 Å². The summed E-state index contributed by atoms with van der Waals surface area (Å²) in [5.74, 6) is 1.57. The maximum atomic E-state index is 5.86. The van der Waals surface area contributed by atoms with Crippen LogP contribution in [0.5, 0.6) is 0 Å². The SMILES string of the molecule is CC(C)CCC(C)N(C)C1CCCC1CN. The van der Waals surface area contributed by atoms with Crippen LogP contribution in [0.4, 0.5) is 0 Å². The van der Waals surface area contributed by atoms with E-state index in [0.717, 1.165) is 24.4 Å². The number of hydrogen-bond donors (Lipinski definition) is 1. The Balaban J connectivity index is 2.39. The van der Waals surface area contributed by atoms with Crippen molar-refractivity contribution in [3.63, 3.8) is 0 Å². The van der Waals surface area contributed by atoms with Crippen LogP contribution in [0.3, 0.4) is 0 Å². The Hall–Kier alpha value is -0.0800. The van der Waals surface area contributed by atoms with Crippen molar-refractivity contribution in [1.82, 2.24) is 4.90 Å². The van der Waals surface area contributed by atoms with Crippen molar-refractivity contribution in [2.24, 2.45) is 17.6 Å². The lowest BCUT2D eigenvalue weighted by Gasteiger charge is -2.34. The summed E-state index contributed by atoms with van der Waals surface area (Å²) in [4.78, 5) is 2.59. The summed E-state index contributed by atoms with van der Waals surface area (Å²) in [5, 5.41) is 0. The van der Waals surface area contributed by atoms with Gasteiger partial charge in [0, 0.05) is 12.1 Å². The molecule has 1 aliphatic rings. The van der Waals surface area contributed by atoms with Crippen molar-refractivity contribution in [3.8, 4) is 0 Å². The second kappa shape index (κ2) is 6.61. The fourth-order valence-corrected chi connectivity index (χ4v) is 2.93. The van der Waals surface area contributed by atoms with Gasteiger partial charge in [0.05, 0.1) is 0 Å². The van der Waals surface area contributed by atoms with Gasteiger partial charge in [-0.05, 0) is 58.0 Å². The highest BCUT2D eigenvalue weighted by Crippen LogP contribution is 2.30. The standard InChI is InChI=1S/C14H30N2/c1-11(2)8-9-12(3)16(4)14-7-5-6-13(14)10-15/h11-14H,5-10,15H2,1-4H3. The summed E-state index contributed by atoms with van der Waals surface area (Å²) >= 11 is 0. The quantitative estimate of drug-likeness (QED) is 0.754. The molecule has 2 nitrogen and oxygen atoms in total. The molecule has 2 heteroatoms. The highest BCUT2D eigenvalue weighted by atomic mass is 15.2. The molecule has 1 saturated carbocycles. The molecule has 0 saturated heterocycles. The Bertz CT molecular complexity index is 191. The third-order valence-electron chi connectivity index (χ3n) is 4.30. The second-order valence-electron chi connectivity index (χ2n) is 5.98. The predicted molar refractivity (Wildman–Crippen MR) is 71.5 cm³/mol. The van der Waals surface area contributed by atoms with Crippen LogP contribution in [0.15, 0.2) is 0 Å². The van der Waals surface area contributed by atoms with Crippen molar-refractivity contribution in [2.45, 2.75) is 65.0 Å². The molecule has 1 fully saturated rings. The average Bonchev–Trinajstić information content (AvgIpc) is 2.72. The van der Waals surface area contributed by atoms with E-state index in [2.05, 4.69) is 32.7 Å². The molecule has 1 aliphatic carbocycles. The summed E-state index contributed by atoms with van der Waals surface area (Å²) < 4.78 is 0. The van der Waals surface area contributed by atoms with Crippen molar-refractivity contribution in [3.05, 3.63) is 0 Å². The number of nitrogens with two attached hydrogens (primary N) is 1. The lowest BCUT2D eigenvalue weighted by Crippen LogP contribution is -2.42. The first-order chi connectivity index (χ1) is 7.56. The van der Waals surface area contributed by atoms with E-state index in [1.54, 1.807) is 0 Å². The summed E-state index contributed by atoms with van der Waals surface area (Å²) in [5.41, 5.74) is 5.86. The van der Waals surface area contributed by atoms with Crippen molar-refractivity contribution in [2.75, 3.05) is 13.6 Å². The average molecular weight is 226 g/mol. The highest BCUT2D eigenvalue weighted by Gasteiger charge is 2.31. The zero-order chi connectivity index (χ0) is 12.1. The van der Waals surface area contributed by atoms with Crippen molar-refractivity contribution < 1.29 is 0 Å². The van der Waals surface area contributed by atoms with E-state index >= 15 is 0 Å². The third-order valence-corrected chi connectivity index (χ3v) is 4.30. The zero-order valence-corrected chi connectivity index (χ0v) is 11.6. The second-order valence-corrected chi connectivity index (χ2v) is 5.98. The smallest absolute Gasteiger partial charge is 0.0135 e. The summed E-state index contributed by atoms with van der Waals surface area (Å²) in [6.45, 7) is 7.86. The monoisotopic (exact) mass is 226 g/mol. The molecular formula is C14H30N2. The van der Waals surface area contributed by atoms with Gasteiger partial charge in [-0.3, -0.25) is 0 Å². The summed E-state index contributed by atoms with van der Waals surface area (Å²) in [7, 11) is 2.30. The van der Waals surface area contributed by atoms with E-state index in [-0.39, 0.29) is 0 Å². The van der Waals surface area contributed by atoms with E-state index in [9.17, 15) is 0 Å². The van der Waals surface area contributed by atoms with Crippen LogP contribution >= 0.6 is 0 Å². The first kappa shape index (κ1) is 14.0. The first-order valence-electron chi connectivity index (χ1n) is 6.98. The molecule has 0 aromatic heterocycles.